The maximum Gasteiger partial charge on any atom is 0.410 e. The molecule has 0 unspecified atom stereocenters. The quantitative estimate of drug-likeness (QED) is 0.475. The van der Waals surface area contributed by atoms with Crippen LogP contribution in [0.1, 0.15) is 61.1 Å². The third-order valence-electron chi connectivity index (χ3n) is 6.49. The largest absolute Gasteiger partial charge is 0.497 e. The Kier molecular flexibility index (Phi) is 8.24. The molecule has 9 nitrogen and oxygen atoms in total. The third-order valence-corrected chi connectivity index (χ3v) is 6.49. The van der Waals surface area contributed by atoms with Crippen LogP contribution in [0.5, 0.6) is 11.5 Å². The fraction of sp³-hybridized carbons (Fsp3) is 0.414. The minimum Gasteiger partial charge on any atom is -0.497 e. The molecule has 0 spiro atoms. The Bertz CT molecular complexity index is 1250. The minimum absolute atomic E-state index is 0.0378. The standard InChI is InChI=1S/C29H36N4O5/c1-29(2,3)38-28(35)32-15-13-21(14-16-32)26-25(19-31-33(26)22-9-11-23(36-4)12-10-22)27(34)30-18-20-7-6-8-24(17-20)37-5/h6-12,17,19,21H,13-16,18H2,1-5H3,(H,30,34). The van der Waals surface area contributed by atoms with E-state index >= 15 is 0 Å². The Hall–Kier alpha value is -4.01. The van der Waals surface area contributed by atoms with Crippen molar-refractivity contribution in [1.29, 1.82) is 0 Å². The summed E-state index contributed by atoms with van der Waals surface area (Å²) < 4.78 is 18.0. The summed E-state index contributed by atoms with van der Waals surface area (Å²) >= 11 is 0. The average Bonchev–Trinajstić information content (AvgIpc) is 3.36. The molecule has 1 saturated heterocycles. The van der Waals surface area contributed by atoms with Crippen LogP contribution in [-0.2, 0) is 11.3 Å². The summed E-state index contributed by atoms with van der Waals surface area (Å²) in [6.07, 6.45) is 2.70. The van der Waals surface area contributed by atoms with Gasteiger partial charge in [0.15, 0.2) is 0 Å². The lowest BCUT2D eigenvalue weighted by Gasteiger charge is -2.34. The zero-order chi connectivity index (χ0) is 27.3. The van der Waals surface area contributed by atoms with Crippen molar-refractivity contribution >= 4 is 12.0 Å². The van der Waals surface area contributed by atoms with Crippen molar-refractivity contribution in [2.75, 3.05) is 27.3 Å². The van der Waals surface area contributed by atoms with Crippen LogP contribution in [0.2, 0.25) is 0 Å². The number of piperidine rings is 1. The number of hydrogen-bond acceptors (Lipinski definition) is 6. The number of benzene rings is 2. The van der Waals surface area contributed by atoms with Crippen LogP contribution in [0, 0.1) is 0 Å². The molecule has 1 aliphatic rings. The first-order chi connectivity index (χ1) is 18.2. The van der Waals surface area contributed by atoms with Crippen molar-refractivity contribution in [1.82, 2.24) is 20.0 Å². The topological polar surface area (TPSA) is 94.9 Å². The van der Waals surface area contributed by atoms with Crippen molar-refractivity contribution in [3.05, 3.63) is 71.5 Å². The second-order valence-corrected chi connectivity index (χ2v) is 10.3. The lowest BCUT2D eigenvalue weighted by Crippen LogP contribution is -2.41. The fourth-order valence-electron chi connectivity index (χ4n) is 4.58. The van der Waals surface area contributed by atoms with Crippen LogP contribution >= 0.6 is 0 Å². The third kappa shape index (κ3) is 6.45. The summed E-state index contributed by atoms with van der Waals surface area (Å²) in [6.45, 7) is 7.03. The second kappa shape index (κ2) is 11.6. The van der Waals surface area contributed by atoms with Crippen molar-refractivity contribution in [3.8, 4) is 17.2 Å². The van der Waals surface area contributed by atoms with E-state index in [1.807, 2.05) is 74.0 Å². The predicted molar refractivity (Wildman–Crippen MR) is 144 cm³/mol. The Labute approximate surface area is 223 Å². The molecular weight excluding hydrogens is 484 g/mol. The van der Waals surface area contributed by atoms with E-state index in [0.717, 1.165) is 28.4 Å². The maximum absolute atomic E-state index is 13.4. The lowest BCUT2D eigenvalue weighted by molar-refractivity contribution is 0.0203. The molecule has 9 heteroatoms. The van der Waals surface area contributed by atoms with Gasteiger partial charge in [0.05, 0.1) is 37.4 Å². The van der Waals surface area contributed by atoms with Crippen molar-refractivity contribution < 1.29 is 23.8 Å². The molecule has 0 radical (unpaired) electrons. The van der Waals surface area contributed by atoms with Crippen LogP contribution < -0.4 is 14.8 Å². The van der Waals surface area contributed by atoms with Crippen molar-refractivity contribution in [3.63, 3.8) is 0 Å². The van der Waals surface area contributed by atoms with Crippen LogP contribution in [-0.4, -0.2) is 59.6 Å². The van der Waals surface area contributed by atoms with Gasteiger partial charge in [-0.05, 0) is 75.6 Å². The molecule has 2 heterocycles. The molecule has 0 atom stereocenters. The summed E-state index contributed by atoms with van der Waals surface area (Å²) in [5, 5.41) is 7.64. The normalized spacial score (nSPS) is 14.2. The van der Waals surface area contributed by atoms with E-state index in [1.54, 1.807) is 25.3 Å². The first-order valence-electron chi connectivity index (χ1n) is 12.8. The van der Waals surface area contributed by atoms with Crippen molar-refractivity contribution in [2.24, 2.45) is 0 Å². The van der Waals surface area contributed by atoms with Gasteiger partial charge < -0.3 is 24.4 Å². The first kappa shape index (κ1) is 27.0. The highest BCUT2D eigenvalue weighted by atomic mass is 16.6. The Balaban J connectivity index is 1.57. The molecule has 4 rings (SSSR count). The Morgan fingerprint density at radius 1 is 1.00 bits per heavy atom. The maximum atomic E-state index is 13.4. The molecule has 1 fully saturated rings. The molecule has 0 aliphatic carbocycles. The van der Waals surface area contributed by atoms with Crippen LogP contribution in [0.15, 0.2) is 54.7 Å². The number of carbonyl (C=O) groups excluding carboxylic acids is 2. The molecule has 1 aromatic heterocycles. The number of carbonyl (C=O) groups is 2. The number of hydrogen-bond donors (Lipinski definition) is 1. The summed E-state index contributed by atoms with van der Waals surface area (Å²) in [6, 6.07) is 15.2. The molecule has 1 N–H and O–H groups in total. The Morgan fingerprint density at radius 3 is 2.32 bits per heavy atom. The molecular formula is C29H36N4O5. The number of ether oxygens (including phenoxy) is 3. The molecule has 2 aromatic carbocycles. The van der Waals surface area contributed by atoms with E-state index in [2.05, 4.69) is 10.4 Å². The van der Waals surface area contributed by atoms with Crippen LogP contribution in [0.4, 0.5) is 4.79 Å². The number of amides is 2. The highest BCUT2D eigenvalue weighted by molar-refractivity contribution is 5.95. The minimum atomic E-state index is -0.547. The summed E-state index contributed by atoms with van der Waals surface area (Å²) in [4.78, 5) is 27.7. The Morgan fingerprint density at radius 2 is 1.68 bits per heavy atom. The van der Waals surface area contributed by atoms with E-state index in [1.165, 1.54) is 0 Å². The molecule has 3 aromatic rings. The van der Waals surface area contributed by atoms with Crippen LogP contribution in [0.3, 0.4) is 0 Å². The van der Waals surface area contributed by atoms with E-state index < -0.39 is 5.60 Å². The van der Waals surface area contributed by atoms with Gasteiger partial charge >= 0.3 is 6.09 Å². The van der Waals surface area contributed by atoms with E-state index in [4.69, 9.17) is 14.2 Å². The highest BCUT2D eigenvalue weighted by Gasteiger charge is 2.32. The highest BCUT2D eigenvalue weighted by Crippen LogP contribution is 2.33. The van der Waals surface area contributed by atoms with Gasteiger partial charge in [0.1, 0.15) is 17.1 Å². The van der Waals surface area contributed by atoms with Crippen molar-refractivity contribution in [2.45, 2.75) is 51.7 Å². The van der Waals surface area contributed by atoms with E-state index in [-0.39, 0.29) is 17.9 Å². The summed E-state index contributed by atoms with van der Waals surface area (Å²) in [5.41, 5.74) is 2.59. The van der Waals surface area contributed by atoms with Gasteiger partial charge in [-0.1, -0.05) is 12.1 Å². The van der Waals surface area contributed by atoms with Gasteiger partial charge in [0.25, 0.3) is 5.91 Å². The molecule has 1 aliphatic heterocycles. The zero-order valence-electron chi connectivity index (χ0n) is 22.7. The van der Waals surface area contributed by atoms with E-state index in [9.17, 15) is 9.59 Å². The van der Waals surface area contributed by atoms with Gasteiger partial charge in [-0.25, -0.2) is 9.48 Å². The molecule has 202 valence electrons. The van der Waals surface area contributed by atoms with Gasteiger partial charge in [-0.3, -0.25) is 4.79 Å². The monoisotopic (exact) mass is 520 g/mol. The number of rotatable bonds is 7. The van der Waals surface area contributed by atoms with Gasteiger partial charge in [0.2, 0.25) is 0 Å². The predicted octanol–water partition coefficient (Wildman–Crippen LogP) is 4.93. The molecule has 0 saturated carbocycles. The lowest BCUT2D eigenvalue weighted by atomic mass is 9.90. The van der Waals surface area contributed by atoms with Gasteiger partial charge in [0, 0.05) is 25.6 Å². The second-order valence-electron chi connectivity index (χ2n) is 10.3. The summed E-state index contributed by atoms with van der Waals surface area (Å²) in [5.74, 6) is 1.32. The van der Waals surface area contributed by atoms with E-state index in [0.29, 0.717) is 38.0 Å². The number of nitrogens with zero attached hydrogens (tertiary/aromatic N) is 3. The van der Waals surface area contributed by atoms with Gasteiger partial charge in [-0.15, -0.1) is 0 Å². The average molecular weight is 521 g/mol. The number of likely N-dealkylation sites (tertiary alicyclic amines) is 1. The smallest absolute Gasteiger partial charge is 0.410 e. The number of aromatic nitrogens is 2. The summed E-state index contributed by atoms with van der Waals surface area (Å²) in [7, 11) is 3.24. The molecule has 38 heavy (non-hydrogen) atoms. The SMILES string of the molecule is COc1ccc(-n2ncc(C(=O)NCc3cccc(OC)c3)c2C2CCN(C(=O)OC(C)(C)C)CC2)cc1. The number of methoxy groups -OCH3 is 2. The van der Waals surface area contributed by atoms with Gasteiger partial charge in [-0.2, -0.15) is 5.10 Å². The first-order valence-corrected chi connectivity index (χ1v) is 12.8. The zero-order valence-corrected chi connectivity index (χ0v) is 22.7. The molecule has 0 bridgehead atoms. The molecule has 2 amide bonds. The fourth-order valence-corrected chi connectivity index (χ4v) is 4.58. The van der Waals surface area contributed by atoms with Crippen LogP contribution in [0.25, 0.3) is 5.69 Å². The number of nitrogens with one attached hydrogen (secondary N) is 1.